The van der Waals surface area contributed by atoms with Crippen LogP contribution in [-0.4, -0.2) is 32.1 Å². The highest BCUT2D eigenvalue weighted by molar-refractivity contribution is 6.15. The van der Waals surface area contributed by atoms with Gasteiger partial charge >= 0.3 is 0 Å². The Kier molecular flexibility index (Phi) is 4.85. The number of rotatable bonds is 4. The molecule has 0 amide bonds. The van der Waals surface area contributed by atoms with Crippen LogP contribution in [0.15, 0.2) is 83.1 Å². The Bertz CT molecular complexity index is 864. The third-order valence-corrected chi connectivity index (χ3v) is 3.91. The number of nitrogens with zero attached hydrogens (tertiary/aromatic N) is 2. The molecular formula is C20H16N2O4. The minimum absolute atomic E-state index is 0.124. The van der Waals surface area contributed by atoms with Crippen LogP contribution in [0.2, 0.25) is 0 Å². The van der Waals surface area contributed by atoms with Gasteiger partial charge in [0.2, 0.25) is 0 Å². The Morgan fingerprint density at radius 1 is 0.462 bits per heavy atom. The van der Waals surface area contributed by atoms with E-state index in [9.17, 15) is 20.6 Å². The van der Waals surface area contributed by atoms with Gasteiger partial charge in [0.1, 0.15) is 22.9 Å². The fourth-order valence-electron chi connectivity index (χ4n) is 2.59. The summed E-state index contributed by atoms with van der Waals surface area (Å²) in [5.41, 5.74) is 3.31. The lowest BCUT2D eigenvalue weighted by molar-refractivity contribution is 0.319. The van der Waals surface area contributed by atoms with Crippen molar-refractivity contribution in [2.24, 2.45) is 10.3 Å². The van der Waals surface area contributed by atoms with E-state index < -0.39 is 0 Å². The molecule has 0 aliphatic heterocycles. The van der Waals surface area contributed by atoms with E-state index in [1.807, 2.05) is 0 Å². The first-order valence-corrected chi connectivity index (χ1v) is 7.76. The normalized spacial score (nSPS) is 12.2. The molecule has 0 heterocycles. The monoisotopic (exact) mass is 348 g/mol. The van der Waals surface area contributed by atoms with Crippen molar-refractivity contribution in [2.45, 2.75) is 0 Å². The fraction of sp³-hybridized carbons (Fsp3) is 0. The molecular weight excluding hydrogens is 332 g/mol. The van der Waals surface area contributed by atoms with Gasteiger partial charge in [-0.1, -0.05) is 34.6 Å². The first-order chi connectivity index (χ1) is 12.6. The van der Waals surface area contributed by atoms with Crippen molar-refractivity contribution in [2.75, 3.05) is 0 Å². The van der Waals surface area contributed by atoms with Crippen LogP contribution in [0.1, 0.15) is 22.3 Å². The van der Waals surface area contributed by atoms with Crippen LogP contribution in [-0.2, 0) is 0 Å². The van der Waals surface area contributed by atoms with Crippen LogP contribution in [0, 0.1) is 0 Å². The van der Waals surface area contributed by atoms with E-state index in [0.29, 0.717) is 33.7 Å². The van der Waals surface area contributed by atoms with Crippen molar-refractivity contribution in [3.8, 4) is 11.5 Å². The van der Waals surface area contributed by atoms with Crippen molar-refractivity contribution < 1.29 is 20.6 Å². The van der Waals surface area contributed by atoms with Crippen LogP contribution in [0.4, 0.5) is 0 Å². The summed E-state index contributed by atoms with van der Waals surface area (Å²) >= 11 is 0. The molecule has 0 unspecified atom stereocenters. The highest BCUT2D eigenvalue weighted by atomic mass is 16.4. The summed E-state index contributed by atoms with van der Waals surface area (Å²) < 4.78 is 0. The van der Waals surface area contributed by atoms with E-state index in [4.69, 9.17) is 0 Å². The summed E-state index contributed by atoms with van der Waals surface area (Å²) in [5, 5.41) is 44.2. The lowest BCUT2D eigenvalue weighted by atomic mass is 9.97. The van der Waals surface area contributed by atoms with Gasteiger partial charge in [0, 0.05) is 22.3 Å². The largest absolute Gasteiger partial charge is 0.508 e. The zero-order chi connectivity index (χ0) is 18.5. The summed E-state index contributed by atoms with van der Waals surface area (Å²) in [5.74, 6) is 0.248. The molecule has 6 nitrogen and oxygen atoms in total. The van der Waals surface area contributed by atoms with Crippen LogP contribution in [0.5, 0.6) is 11.5 Å². The minimum atomic E-state index is 0.124. The fourth-order valence-corrected chi connectivity index (χ4v) is 2.59. The minimum Gasteiger partial charge on any atom is -0.508 e. The number of hydrogen-bond acceptors (Lipinski definition) is 6. The molecule has 0 fully saturated rings. The van der Waals surface area contributed by atoms with Crippen LogP contribution in [0.3, 0.4) is 0 Å². The van der Waals surface area contributed by atoms with E-state index in [-0.39, 0.29) is 11.5 Å². The number of aromatic hydroxyl groups is 2. The molecule has 3 rings (SSSR count). The Hall–Kier alpha value is -3.80. The number of benzene rings is 3. The molecule has 0 spiro atoms. The predicted molar refractivity (Wildman–Crippen MR) is 97.5 cm³/mol. The van der Waals surface area contributed by atoms with Crippen LogP contribution < -0.4 is 0 Å². The third kappa shape index (κ3) is 3.49. The molecule has 4 N–H and O–H groups in total. The van der Waals surface area contributed by atoms with Gasteiger partial charge in [0.05, 0.1) is 0 Å². The first-order valence-electron chi connectivity index (χ1n) is 7.76. The van der Waals surface area contributed by atoms with Gasteiger partial charge < -0.3 is 20.6 Å². The SMILES string of the molecule is O/N=C(\c1ccc(O)cc1)c1ccc(/C(=N/O)c2ccc(O)cc2)cc1. The Balaban J connectivity index is 1.92. The maximum absolute atomic E-state index is 9.38. The topological polar surface area (TPSA) is 106 Å². The molecule has 0 aliphatic carbocycles. The maximum Gasteiger partial charge on any atom is 0.117 e. The molecule has 0 bridgehead atoms. The molecule has 26 heavy (non-hydrogen) atoms. The van der Waals surface area contributed by atoms with Gasteiger partial charge in [-0.25, -0.2) is 0 Å². The van der Waals surface area contributed by atoms with Crippen molar-refractivity contribution in [1.82, 2.24) is 0 Å². The van der Waals surface area contributed by atoms with E-state index >= 15 is 0 Å². The lowest BCUT2D eigenvalue weighted by Crippen LogP contribution is -2.06. The molecule has 0 saturated carbocycles. The van der Waals surface area contributed by atoms with Gasteiger partial charge in [0.15, 0.2) is 0 Å². The smallest absolute Gasteiger partial charge is 0.117 e. The molecule has 0 aliphatic rings. The number of hydrogen-bond donors (Lipinski definition) is 4. The second-order valence-corrected chi connectivity index (χ2v) is 5.57. The van der Waals surface area contributed by atoms with E-state index in [0.717, 1.165) is 0 Å². The Labute approximate surface area is 149 Å². The quantitative estimate of drug-likeness (QED) is 0.329. The zero-order valence-corrected chi connectivity index (χ0v) is 13.6. The number of phenolic OH excluding ortho intramolecular Hbond substituents is 2. The standard InChI is InChI=1S/C20H16N2O4/c23-17-9-5-15(6-10-17)19(21-25)13-1-2-14(4-3-13)20(22-26)16-7-11-18(24)12-8-16/h1-12,23-26H/b21-19-,22-20-. The van der Waals surface area contributed by atoms with Crippen molar-refractivity contribution in [3.63, 3.8) is 0 Å². The lowest BCUT2D eigenvalue weighted by Gasteiger charge is -2.08. The summed E-state index contributed by atoms with van der Waals surface area (Å²) in [6.07, 6.45) is 0. The van der Waals surface area contributed by atoms with Gasteiger partial charge in [0.25, 0.3) is 0 Å². The molecule has 0 saturated heterocycles. The Morgan fingerprint density at radius 2 is 0.692 bits per heavy atom. The first kappa shape index (κ1) is 17.0. The van der Waals surface area contributed by atoms with Crippen LogP contribution in [0.25, 0.3) is 0 Å². The summed E-state index contributed by atoms with van der Waals surface area (Å²) in [4.78, 5) is 0. The van der Waals surface area contributed by atoms with Gasteiger partial charge in [-0.15, -0.1) is 0 Å². The van der Waals surface area contributed by atoms with Crippen molar-refractivity contribution in [3.05, 3.63) is 95.1 Å². The van der Waals surface area contributed by atoms with E-state index in [1.54, 1.807) is 48.5 Å². The molecule has 6 heteroatoms. The molecule has 0 atom stereocenters. The van der Waals surface area contributed by atoms with Crippen molar-refractivity contribution >= 4 is 11.4 Å². The molecule has 3 aromatic rings. The zero-order valence-electron chi connectivity index (χ0n) is 13.6. The molecule has 3 aromatic carbocycles. The second kappa shape index (κ2) is 7.40. The Morgan fingerprint density at radius 3 is 0.923 bits per heavy atom. The van der Waals surface area contributed by atoms with Gasteiger partial charge in [-0.2, -0.15) is 0 Å². The average molecular weight is 348 g/mol. The molecule has 130 valence electrons. The van der Waals surface area contributed by atoms with Gasteiger partial charge in [-0.05, 0) is 48.5 Å². The highest BCUT2D eigenvalue weighted by Crippen LogP contribution is 2.18. The highest BCUT2D eigenvalue weighted by Gasteiger charge is 2.11. The summed E-state index contributed by atoms with van der Waals surface area (Å²) in [7, 11) is 0. The number of phenols is 2. The maximum atomic E-state index is 9.38. The van der Waals surface area contributed by atoms with E-state index in [1.165, 1.54) is 24.3 Å². The van der Waals surface area contributed by atoms with Gasteiger partial charge in [-0.3, -0.25) is 0 Å². The predicted octanol–water partition coefficient (Wildman–Crippen LogP) is 3.55. The summed E-state index contributed by atoms with van der Waals surface area (Å²) in [6, 6.07) is 19.6. The van der Waals surface area contributed by atoms with E-state index in [2.05, 4.69) is 10.3 Å². The number of oxime groups is 2. The second-order valence-electron chi connectivity index (χ2n) is 5.57. The summed E-state index contributed by atoms with van der Waals surface area (Å²) in [6.45, 7) is 0. The molecule has 0 radical (unpaired) electrons. The molecule has 0 aromatic heterocycles. The average Bonchev–Trinajstić information content (AvgIpc) is 2.67. The van der Waals surface area contributed by atoms with Crippen LogP contribution >= 0.6 is 0 Å². The van der Waals surface area contributed by atoms with Crippen molar-refractivity contribution in [1.29, 1.82) is 0 Å². The third-order valence-electron chi connectivity index (χ3n) is 3.91.